The Morgan fingerprint density at radius 2 is 2.10 bits per heavy atom. The number of hydrogen-bond donors (Lipinski definition) is 1. The van der Waals surface area contributed by atoms with Gasteiger partial charge >= 0.3 is 5.97 Å². The summed E-state index contributed by atoms with van der Waals surface area (Å²) < 4.78 is 11.4. The molecule has 6 nitrogen and oxygen atoms in total. The minimum atomic E-state index is -0.990. The Morgan fingerprint density at radius 1 is 1.29 bits per heavy atom. The van der Waals surface area contributed by atoms with Crippen molar-refractivity contribution in [3.63, 3.8) is 0 Å². The van der Waals surface area contributed by atoms with E-state index < -0.39 is 5.97 Å². The number of nitrogens with zero attached hydrogens (tertiary/aromatic N) is 2. The molecule has 0 saturated carbocycles. The van der Waals surface area contributed by atoms with Crippen LogP contribution in [0.3, 0.4) is 0 Å². The van der Waals surface area contributed by atoms with Gasteiger partial charge in [0.15, 0.2) is 5.69 Å². The molecule has 0 radical (unpaired) electrons. The van der Waals surface area contributed by atoms with Gasteiger partial charge in [0, 0.05) is 19.7 Å². The summed E-state index contributed by atoms with van der Waals surface area (Å²) in [4.78, 5) is 17.3. The van der Waals surface area contributed by atoms with Crippen molar-refractivity contribution in [2.24, 2.45) is 0 Å². The maximum absolute atomic E-state index is 11.0. The first-order valence-corrected chi connectivity index (χ1v) is 7.41. The van der Waals surface area contributed by atoms with Crippen molar-refractivity contribution >= 4 is 11.8 Å². The van der Waals surface area contributed by atoms with Gasteiger partial charge in [0.2, 0.25) is 0 Å². The Balaban J connectivity index is 1.55. The Labute approximate surface area is 123 Å². The van der Waals surface area contributed by atoms with Crippen molar-refractivity contribution in [2.45, 2.75) is 31.5 Å². The molecule has 0 spiro atoms. The molecule has 1 unspecified atom stereocenters. The van der Waals surface area contributed by atoms with E-state index in [4.69, 9.17) is 14.6 Å². The molecular weight excluding hydrogens is 272 g/mol. The highest BCUT2D eigenvalue weighted by molar-refractivity contribution is 5.85. The highest BCUT2D eigenvalue weighted by Crippen LogP contribution is 2.22. The molecule has 3 rings (SSSR count). The second kappa shape index (κ2) is 6.41. The van der Waals surface area contributed by atoms with Crippen molar-refractivity contribution < 1.29 is 19.4 Å². The second-order valence-corrected chi connectivity index (χ2v) is 5.49. The Bertz CT molecular complexity index is 494. The first kappa shape index (κ1) is 14.3. The molecule has 2 aliphatic heterocycles. The van der Waals surface area contributed by atoms with E-state index >= 15 is 0 Å². The first-order chi connectivity index (χ1) is 10.2. The van der Waals surface area contributed by atoms with E-state index in [1.807, 2.05) is 6.07 Å². The molecular formula is C15H20N2O4. The van der Waals surface area contributed by atoms with Crippen molar-refractivity contribution in [3.8, 4) is 0 Å². The van der Waals surface area contributed by atoms with E-state index in [-0.39, 0.29) is 17.9 Å². The van der Waals surface area contributed by atoms with Gasteiger partial charge in [-0.25, -0.2) is 9.78 Å². The zero-order valence-corrected chi connectivity index (χ0v) is 11.9. The van der Waals surface area contributed by atoms with Crippen LogP contribution >= 0.6 is 0 Å². The lowest BCUT2D eigenvalue weighted by Crippen LogP contribution is -2.39. The lowest BCUT2D eigenvalue weighted by molar-refractivity contribution is -0.0261. The summed E-state index contributed by atoms with van der Waals surface area (Å²) in [6.07, 6.45) is 3.39. The van der Waals surface area contributed by atoms with Crippen molar-refractivity contribution in [1.29, 1.82) is 0 Å². The van der Waals surface area contributed by atoms with Gasteiger partial charge in [0.05, 0.1) is 18.8 Å². The predicted molar refractivity (Wildman–Crippen MR) is 76.7 cm³/mol. The fraction of sp³-hybridized carbons (Fsp3) is 0.600. The van der Waals surface area contributed by atoms with E-state index in [1.165, 1.54) is 6.07 Å². The molecule has 0 bridgehead atoms. The van der Waals surface area contributed by atoms with E-state index in [2.05, 4.69) is 9.88 Å². The number of pyridine rings is 1. The first-order valence-electron chi connectivity index (χ1n) is 7.41. The van der Waals surface area contributed by atoms with Gasteiger partial charge in [0.1, 0.15) is 5.82 Å². The summed E-state index contributed by atoms with van der Waals surface area (Å²) in [7, 11) is 0. The van der Waals surface area contributed by atoms with E-state index in [0.29, 0.717) is 6.61 Å². The highest BCUT2D eigenvalue weighted by Gasteiger charge is 2.25. The van der Waals surface area contributed by atoms with Crippen LogP contribution in [-0.4, -0.2) is 54.6 Å². The summed E-state index contributed by atoms with van der Waals surface area (Å²) in [6, 6.07) is 5.12. The average Bonchev–Trinajstić information content (AvgIpc) is 3.01. The maximum atomic E-state index is 11.0. The minimum Gasteiger partial charge on any atom is -0.477 e. The van der Waals surface area contributed by atoms with E-state index in [1.54, 1.807) is 6.07 Å². The van der Waals surface area contributed by atoms with Gasteiger partial charge in [0.25, 0.3) is 0 Å². The largest absolute Gasteiger partial charge is 0.477 e. The Hall–Kier alpha value is -1.66. The molecule has 21 heavy (non-hydrogen) atoms. The quantitative estimate of drug-likeness (QED) is 0.908. The third kappa shape index (κ3) is 3.51. The summed E-state index contributed by atoms with van der Waals surface area (Å²) in [5.41, 5.74) is 0.0916. The molecule has 1 N–H and O–H groups in total. The van der Waals surface area contributed by atoms with Crippen LogP contribution in [-0.2, 0) is 9.47 Å². The molecule has 0 aromatic carbocycles. The number of aromatic nitrogens is 1. The van der Waals surface area contributed by atoms with Gasteiger partial charge in [-0.05, 0) is 31.4 Å². The maximum Gasteiger partial charge on any atom is 0.354 e. The number of ether oxygens (including phenoxy) is 2. The minimum absolute atomic E-state index is 0.0916. The Kier molecular flexibility index (Phi) is 4.36. The van der Waals surface area contributed by atoms with Crippen LogP contribution in [0.1, 0.15) is 29.8 Å². The molecule has 114 valence electrons. The zero-order chi connectivity index (χ0) is 14.7. The number of anilines is 1. The van der Waals surface area contributed by atoms with Crippen LogP contribution in [0.2, 0.25) is 0 Å². The van der Waals surface area contributed by atoms with Crippen molar-refractivity contribution in [2.75, 3.05) is 31.2 Å². The topological polar surface area (TPSA) is 71.9 Å². The normalized spacial score (nSPS) is 23.4. The van der Waals surface area contributed by atoms with Crippen LogP contribution in [0.5, 0.6) is 0 Å². The van der Waals surface area contributed by atoms with Crippen LogP contribution < -0.4 is 4.90 Å². The predicted octanol–water partition coefficient (Wildman–Crippen LogP) is 1.55. The van der Waals surface area contributed by atoms with Crippen LogP contribution in [0, 0.1) is 0 Å². The lowest BCUT2D eigenvalue weighted by Gasteiger charge is -2.33. The molecule has 6 heteroatoms. The van der Waals surface area contributed by atoms with Crippen LogP contribution in [0.4, 0.5) is 5.82 Å². The summed E-state index contributed by atoms with van der Waals surface area (Å²) >= 11 is 0. The zero-order valence-electron chi connectivity index (χ0n) is 11.9. The monoisotopic (exact) mass is 292 g/mol. The Morgan fingerprint density at radius 3 is 2.76 bits per heavy atom. The van der Waals surface area contributed by atoms with Gasteiger partial charge in [-0.1, -0.05) is 6.07 Å². The molecule has 1 aromatic rings. The van der Waals surface area contributed by atoms with E-state index in [0.717, 1.165) is 44.8 Å². The van der Waals surface area contributed by atoms with Crippen molar-refractivity contribution in [1.82, 2.24) is 4.98 Å². The number of hydrogen-bond acceptors (Lipinski definition) is 5. The van der Waals surface area contributed by atoms with Crippen LogP contribution in [0.25, 0.3) is 0 Å². The second-order valence-electron chi connectivity index (χ2n) is 5.49. The molecule has 3 heterocycles. The van der Waals surface area contributed by atoms with Gasteiger partial charge in [-0.15, -0.1) is 0 Å². The summed E-state index contributed by atoms with van der Waals surface area (Å²) in [5, 5.41) is 9.00. The SMILES string of the molecule is O=C(O)c1cccc(N2CCC(OC3CCOC3)CC2)n1. The molecule has 1 atom stereocenters. The molecule has 2 fully saturated rings. The molecule has 0 aliphatic carbocycles. The third-order valence-corrected chi connectivity index (χ3v) is 3.99. The third-order valence-electron chi connectivity index (χ3n) is 3.99. The van der Waals surface area contributed by atoms with Gasteiger partial charge in [-0.3, -0.25) is 0 Å². The molecule has 1 aromatic heterocycles. The number of carboxylic acids is 1. The molecule has 2 aliphatic rings. The lowest BCUT2D eigenvalue weighted by atomic mass is 10.1. The standard InChI is InChI=1S/C15H20N2O4/c18-15(19)13-2-1-3-14(16-13)17-7-4-11(5-8-17)21-12-6-9-20-10-12/h1-3,11-12H,4-10H2,(H,18,19). The van der Waals surface area contributed by atoms with Gasteiger partial charge in [-0.2, -0.15) is 0 Å². The number of carbonyl (C=O) groups is 1. The summed E-state index contributed by atoms with van der Waals surface area (Å²) in [6.45, 7) is 3.19. The fourth-order valence-corrected chi connectivity index (χ4v) is 2.83. The van der Waals surface area contributed by atoms with Crippen molar-refractivity contribution in [3.05, 3.63) is 23.9 Å². The molecule has 0 amide bonds. The number of piperidine rings is 1. The smallest absolute Gasteiger partial charge is 0.354 e. The number of carboxylic acid groups (broad SMARTS) is 1. The van der Waals surface area contributed by atoms with E-state index in [9.17, 15) is 4.79 Å². The highest BCUT2D eigenvalue weighted by atomic mass is 16.5. The number of rotatable bonds is 4. The molecule has 2 saturated heterocycles. The summed E-state index contributed by atoms with van der Waals surface area (Å²) in [5.74, 6) is -0.256. The fourth-order valence-electron chi connectivity index (χ4n) is 2.83. The average molecular weight is 292 g/mol. The van der Waals surface area contributed by atoms with Crippen LogP contribution in [0.15, 0.2) is 18.2 Å². The van der Waals surface area contributed by atoms with Gasteiger partial charge < -0.3 is 19.5 Å². The number of aromatic carboxylic acids is 1.